The number of thiazole rings is 1. The molecule has 2 rings (SSSR count). The van der Waals surface area contributed by atoms with E-state index in [1.165, 1.54) is 5.56 Å². The van der Waals surface area contributed by atoms with Crippen LogP contribution in [0.3, 0.4) is 0 Å². The van der Waals surface area contributed by atoms with Crippen molar-refractivity contribution in [3.05, 3.63) is 45.9 Å². The third-order valence-corrected chi connectivity index (χ3v) is 5.15. The molecule has 0 aliphatic rings. The highest BCUT2D eigenvalue weighted by atomic mass is 127. The van der Waals surface area contributed by atoms with Gasteiger partial charge in [-0.2, -0.15) is 0 Å². The van der Waals surface area contributed by atoms with E-state index in [0.717, 1.165) is 35.4 Å². The average molecular weight is 504 g/mol. The van der Waals surface area contributed by atoms with Gasteiger partial charge in [-0.15, -0.1) is 35.3 Å². The average Bonchev–Trinajstić information content (AvgIpc) is 3.13. The maximum absolute atomic E-state index is 5.32. The third kappa shape index (κ3) is 7.27. The molecule has 27 heavy (non-hydrogen) atoms. The van der Waals surface area contributed by atoms with Gasteiger partial charge in [0.25, 0.3) is 0 Å². The van der Waals surface area contributed by atoms with Gasteiger partial charge in [-0.25, -0.2) is 4.98 Å². The van der Waals surface area contributed by atoms with Crippen molar-refractivity contribution >= 4 is 41.3 Å². The summed E-state index contributed by atoms with van der Waals surface area (Å²) in [5.41, 5.74) is 2.28. The highest BCUT2D eigenvalue weighted by molar-refractivity contribution is 14.0. The van der Waals surface area contributed by atoms with E-state index in [0.29, 0.717) is 6.54 Å². The lowest BCUT2D eigenvalue weighted by Gasteiger charge is -2.21. The van der Waals surface area contributed by atoms with Gasteiger partial charge < -0.3 is 19.7 Å². The summed E-state index contributed by atoms with van der Waals surface area (Å²) in [6, 6.07) is 8.13. The van der Waals surface area contributed by atoms with Gasteiger partial charge >= 0.3 is 0 Å². The van der Waals surface area contributed by atoms with Crippen LogP contribution in [0.25, 0.3) is 0 Å². The molecule has 0 spiro atoms. The van der Waals surface area contributed by atoms with Gasteiger partial charge in [0.15, 0.2) is 5.96 Å². The largest absolute Gasteiger partial charge is 0.497 e. The van der Waals surface area contributed by atoms with Crippen LogP contribution in [0.1, 0.15) is 29.3 Å². The number of aromatic nitrogens is 1. The molecule has 2 aromatic rings. The molecular weight excluding hydrogens is 475 g/mol. The molecule has 1 aromatic heterocycles. The summed E-state index contributed by atoms with van der Waals surface area (Å²) in [7, 11) is 7.19. The Kier molecular flexibility index (Phi) is 10.6. The van der Waals surface area contributed by atoms with E-state index in [4.69, 9.17) is 9.47 Å². The molecule has 1 unspecified atom stereocenters. The predicted octanol–water partition coefficient (Wildman–Crippen LogP) is 3.73. The van der Waals surface area contributed by atoms with E-state index >= 15 is 0 Å². The molecular formula is C19H29IN4O2S. The van der Waals surface area contributed by atoms with E-state index in [9.17, 15) is 0 Å². The Balaban J connectivity index is 0.00000364. The number of hydrogen-bond donors (Lipinski definition) is 1. The zero-order valence-electron chi connectivity index (χ0n) is 16.6. The Labute approximate surface area is 183 Å². The second kappa shape index (κ2) is 12.1. The SMILES string of the molecule is CN=C(NCCc1ccc(OC)cc1)N(C)Cc1csc(C(C)OC)n1.I. The summed E-state index contributed by atoms with van der Waals surface area (Å²) < 4.78 is 10.5. The quantitative estimate of drug-likeness (QED) is 0.338. The summed E-state index contributed by atoms with van der Waals surface area (Å²) in [4.78, 5) is 11.1. The Bertz CT molecular complexity index is 706. The van der Waals surface area contributed by atoms with Crippen LogP contribution in [0, 0.1) is 0 Å². The first-order valence-corrected chi connectivity index (χ1v) is 9.47. The Morgan fingerprint density at radius 3 is 2.59 bits per heavy atom. The number of rotatable bonds is 8. The molecule has 0 aliphatic carbocycles. The number of guanidine groups is 1. The summed E-state index contributed by atoms with van der Waals surface area (Å²) in [5, 5.41) is 6.48. The summed E-state index contributed by atoms with van der Waals surface area (Å²) >= 11 is 1.63. The number of nitrogens with one attached hydrogen (secondary N) is 1. The predicted molar refractivity (Wildman–Crippen MR) is 122 cm³/mol. The fraction of sp³-hybridized carbons (Fsp3) is 0.474. The van der Waals surface area contributed by atoms with Crippen molar-refractivity contribution in [1.82, 2.24) is 15.2 Å². The zero-order chi connectivity index (χ0) is 18.9. The van der Waals surface area contributed by atoms with E-state index in [-0.39, 0.29) is 30.1 Å². The van der Waals surface area contributed by atoms with Gasteiger partial charge in [-0.3, -0.25) is 4.99 Å². The fourth-order valence-electron chi connectivity index (χ4n) is 2.50. The van der Waals surface area contributed by atoms with Crippen LogP contribution in [-0.4, -0.2) is 50.7 Å². The lowest BCUT2D eigenvalue weighted by Crippen LogP contribution is -2.39. The number of nitrogens with zero attached hydrogens (tertiary/aromatic N) is 3. The van der Waals surface area contributed by atoms with E-state index in [1.807, 2.05) is 26.1 Å². The summed E-state index contributed by atoms with van der Waals surface area (Å²) in [5.74, 6) is 1.73. The van der Waals surface area contributed by atoms with Gasteiger partial charge in [0.05, 0.1) is 19.3 Å². The van der Waals surface area contributed by atoms with Crippen LogP contribution in [0.5, 0.6) is 5.75 Å². The van der Waals surface area contributed by atoms with Crippen molar-refractivity contribution in [3.8, 4) is 5.75 Å². The van der Waals surface area contributed by atoms with E-state index < -0.39 is 0 Å². The second-order valence-corrected chi connectivity index (χ2v) is 6.87. The number of halogens is 1. The standard InChI is InChI=1S/C19H28N4O2S.HI/c1-14(24-4)18-22-16(13-26-18)12-23(3)19(20-2)21-11-10-15-6-8-17(25-5)9-7-15;/h6-9,13-14H,10-12H2,1-5H3,(H,20,21);1H. The third-order valence-electron chi connectivity index (χ3n) is 4.10. The van der Waals surface area contributed by atoms with Crippen molar-refractivity contribution in [1.29, 1.82) is 0 Å². The van der Waals surface area contributed by atoms with Crippen molar-refractivity contribution in [2.24, 2.45) is 4.99 Å². The molecule has 0 bridgehead atoms. The molecule has 1 N–H and O–H groups in total. The molecule has 0 radical (unpaired) electrons. The lowest BCUT2D eigenvalue weighted by atomic mass is 10.1. The van der Waals surface area contributed by atoms with Gasteiger partial charge in [0.1, 0.15) is 16.9 Å². The van der Waals surface area contributed by atoms with Crippen LogP contribution in [-0.2, 0) is 17.7 Å². The van der Waals surface area contributed by atoms with Gasteiger partial charge in [-0.1, -0.05) is 12.1 Å². The first-order chi connectivity index (χ1) is 12.6. The van der Waals surface area contributed by atoms with Crippen LogP contribution in [0.15, 0.2) is 34.6 Å². The van der Waals surface area contributed by atoms with Gasteiger partial charge in [-0.05, 0) is 31.0 Å². The normalized spacial score (nSPS) is 12.3. The Hall–Kier alpha value is -1.39. The second-order valence-electron chi connectivity index (χ2n) is 5.98. The van der Waals surface area contributed by atoms with Crippen LogP contribution in [0.2, 0.25) is 0 Å². The molecule has 6 nitrogen and oxygen atoms in total. The van der Waals surface area contributed by atoms with Gasteiger partial charge in [0, 0.05) is 33.1 Å². The Morgan fingerprint density at radius 2 is 2.00 bits per heavy atom. The van der Waals surface area contributed by atoms with Crippen molar-refractivity contribution in [2.75, 3.05) is 34.9 Å². The summed E-state index contributed by atoms with van der Waals surface area (Å²) in [6.07, 6.45) is 0.948. The fourth-order valence-corrected chi connectivity index (χ4v) is 3.34. The molecule has 8 heteroatoms. The monoisotopic (exact) mass is 504 g/mol. The highest BCUT2D eigenvalue weighted by Gasteiger charge is 2.12. The maximum Gasteiger partial charge on any atom is 0.193 e. The highest BCUT2D eigenvalue weighted by Crippen LogP contribution is 2.20. The van der Waals surface area contributed by atoms with Crippen molar-refractivity contribution < 1.29 is 9.47 Å². The van der Waals surface area contributed by atoms with Gasteiger partial charge in [0.2, 0.25) is 0 Å². The number of methoxy groups -OCH3 is 2. The maximum atomic E-state index is 5.32. The van der Waals surface area contributed by atoms with Crippen LogP contribution in [0.4, 0.5) is 0 Å². The first kappa shape index (κ1) is 23.6. The number of aliphatic imine (C=N–C) groups is 1. The van der Waals surface area contributed by atoms with Crippen LogP contribution >= 0.6 is 35.3 Å². The van der Waals surface area contributed by atoms with Crippen LogP contribution < -0.4 is 10.1 Å². The molecule has 0 saturated carbocycles. The smallest absolute Gasteiger partial charge is 0.193 e. The lowest BCUT2D eigenvalue weighted by molar-refractivity contribution is 0.119. The molecule has 1 heterocycles. The number of ether oxygens (including phenoxy) is 2. The minimum absolute atomic E-state index is 0. The first-order valence-electron chi connectivity index (χ1n) is 8.59. The molecule has 0 fully saturated rings. The van der Waals surface area contributed by atoms with E-state index in [1.54, 1.807) is 32.6 Å². The number of hydrogen-bond acceptors (Lipinski definition) is 5. The summed E-state index contributed by atoms with van der Waals surface area (Å²) in [6.45, 7) is 3.52. The minimum Gasteiger partial charge on any atom is -0.497 e. The van der Waals surface area contributed by atoms with Crippen molar-refractivity contribution in [2.45, 2.75) is 26.0 Å². The molecule has 150 valence electrons. The van der Waals surface area contributed by atoms with E-state index in [2.05, 4.69) is 37.7 Å². The number of benzene rings is 1. The zero-order valence-corrected chi connectivity index (χ0v) is 19.7. The minimum atomic E-state index is 0. The molecule has 0 amide bonds. The molecule has 0 aliphatic heterocycles. The molecule has 1 aromatic carbocycles. The molecule has 0 saturated heterocycles. The topological polar surface area (TPSA) is 59.0 Å². The van der Waals surface area contributed by atoms with Crippen molar-refractivity contribution in [3.63, 3.8) is 0 Å². The Morgan fingerprint density at radius 1 is 1.30 bits per heavy atom. The molecule has 1 atom stereocenters.